The molecule has 0 fully saturated rings. The molecule has 0 unspecified atom stereocenters. The third-order valence-corrected chi connectivity index (χ3v) is 11.5. The van der Waals surface area contributed by atoms with E-state index in [4.69, 9.17) is 0 Å². The third kappa shape index (κ3) is 5.69. The molecule has 4 nitrogen and oxygen atoms in total. The zero-order valence-electron chi connectivity index (χ0n) is 32.0. The summed E-state index contributed by atoms with van der Waals surface area (Å²) in [5.74, 6) is 0. The minimum absolute atomic E-state index is 1.01. The van der Waals surface area contributed by atoms with Gasteiger partial charge in [-0.15, -0.1) is 0 Å². The minimum Gasteiger partial charge on any atom is -0.311 e. The second-order valence-corrected chi connectivity index (χ2v) is 14.9. The first-order valence-electron chi connectivity index (χ1n) is 20.1. The van der Waals surface area contributed by atoms with Crippen molar-refractivity contribution < 1.29 is 0 Å². The Morgan fingerprint density at radius 3 is 1.26 bits per heavy atom. The number of fused-ring (bicyclic) bond motifs is 6. The molecule has 0 radical (unpaired) electrons. The van der Waals surface area contributed by atoms with Crippen molar-refractivity contribution >= 4 is 72.0 Å². The monoisotopic (exact) mass is 744 g/mol. The maximum absolute atomic E-state index is 2.41. The van der Waals surface area contributed by atoms with E-state index in [1.54, 1.807) is 0 Å². The molecule has 0 N–H and O–H groups in total. The molecule has 1 aliphatic rings. The van der Waals surface area contributed by atoms with Crippen LogP contribution in [-0.2, 0) is 0 Å². The Bertz CT molecular complexity index is 3150. The van der Waals surface area contributed by atoms with Gasteiger partial charge in [-0.3, -0.25) is 0 Å². The van der Waals surface area contributed by atoms with E-state index < -0.39 is 0 Å². The maximum atomic E-state index is 2.41. The molecule has 11 rings (SSSR count). The molecule has 0 atom stereocenters. The fourth-order valence-corrected chi connectivity index (χ4v) is 8.90. The highest BCUT2D eigenvalue weighted by atomic mass is 15.2. The van der Waals surface area contributed by atoms with Gasteiger partial charge in [-0.2, -0.15) is 0 Å². The molecule has 1 aliphatic carbocycles. The lowest BCUT2D eigenvalue weighted by molar-refractivity contribution is 0.997. The highest BCUT2D eigenvalue weighted by Gasteiger charge is 2.21. The van der Waals surface area contributed by atoms with Gasteiger partial charge < -0.3 is 18.9 Å². The fourth-order valence-electron chi connectivity index (χ4n) is 8.90. The van der Waals surface area contributed by atoms with Crippen LogP contribution in [0.25, 0.3) is 55.0 Å². The lowest BCUT2D eigenvalue weighted by Crippen LogP contribution is -2.16. The van der Waals surface area contributed by atoms with Crippen molar-refractivity contribution in [1.29, 1.82) is 0 Å². The first kappa shape index (κ1) is 33.8. The number of para-hydroxylation sites is 5. The largest absolute Gasteiger partial charge is 0.311 e. The molecule has 276 valence electrons. The van der Waals surface area contributed by atoms with E-state index >= 15 is 0 Å². The van der Waals surface area contributed by atoms with E-state index in [0.29, 0.717) is 0 Å². The van der Waals surface area contributed by atoms with Crippen molar-refractivity contribution in [3.05, 3.63) is 224 Å². The second kappa shape index (κ2) is 14.2. The number of benzene rings is 8. The number of aromatic nitrogens is 2. The molecular weight excluding hydrogens is 705 g/mol. The number of allylic oxidation sites excluding steroid dienone is 3. The van der Waals surface area contributed by atoms with Crippen LogP contribution in [0.3, 0.4) is 0 Å². The van der Waals surface area contributed by atoms with Crippen LogP contribution in [0.2, 0.25) is 0 Å². The Hall–Kier alpha value is -7.56. The van der Waals surface area contributed by atoms with Crippen LogP contribution in [-0.4, -0.2) is 9.13 Å². The summed E-state index contributed by atoms with van der Waals surface area (Å²) in [5.41, 5.74) is 13.9. The molecule has 2 heterocycles. The summed E-state index contributed by atoms with van der Waals surface area (Å²) in [6.07, 6.45) is 8.99. The van der Waals surface area contributed by atoms with Gasteiger partial charge in [0.25, 0.3) is 0 Å². The van der Waals surface area contributed by atoms with Crippen LogP contribution in [0.5, 0.6) is 0 Å². The number of hydrogen-bond acceptors (Lipinski definition) is 2. The molecule has 0 saturated carbocycles. The smallest absolute Gasteiger partial charge is 0.0542 e. The highest BCUT2D eigenvalue weighted by molar-refractivity contribution is 6.12. The Balaban J connectivity index is 1.04. The van der Waals surface area contributed by atoms with Gasteiger partial charge in [0.05, 0.1) is 22.1 Å². The average molecular weight is 745 g/mol. The van der Waals surface area contributed by atoms with E-state index in [-0.39, 0.29) is 0 Å². The Kier molecular flexibility index (Phi) is 8.25. The zero-order chi connectivity index (χ0) is 38.4. The van der Waals surface area contributed by atoms with Crippen molar-refractivity contribution in [3.8, 4) is 11.4 Å². The van der Waals surface area contributed by atoms with Crippen LogP contribution in [0.15, 0.2) is 224 Å². The van der Waals surface area contributed by atoms with Crippen LogP contribution in [0.4, 0.5) is 28.4 Å². The summed E-state index contributed by atoms with van der Waals surface area (Å²) in [5, 5.41) is 4.94. The SMILES string of the molecule is C1=CC(N(c2ccc(N(c3ccccc3)c3ccc4c(c3)c3ccccc3n4-c3ccccc3)cc2)c2ccc3c(c2)c2ccccc2n3-c2ccccc2)=CCC1. The molecule has 0 amide bonds. The molecule has 8 aromatic carbocycles. The van der Waals surface area contributed by atoms with Gasteiger partial charge in [0, 0.05) is 67.1 Å². The van der Waals surface area contributed by atoms with Crippen molar-refractivity contribution in [2.45, 2.75) is 12.8 Å². The number of hydrogen-bond donors (Lipinski definition) is 0. The van der Waals surface area contributed by atoms with Crippen LogP contribution >= 0.6 is 0 Å². The summed E-state index contributed by atoms with van der Waals surface area (Å²) in [4.78, 5) is 4.78. The van der Waals surface area contributed by atoms with E-state index in [0.717, 1.165) is 52.7 Å². The topological polar surface area (TPSA) is 16.3 Å². The Morgan fingerprint density at radius 2 is 0.741 bits per heavy atom. The van der Waals surface area contributed by atoms with E-state index in [1.165, 1.54) is 49.3 Å². The zero-order valence-corrected chi connectivity index (χ0v) is 32.0. The molecule has 0 spiro atoms. The van der Waals surface area contributed by atoms with Gasteiger partial charge in [0.15, 0.2) is 0 Å². The third-order valence-electron chi connectivity index (χ3n) is 11.5. The van der Waals surface area contributed by atoms with Gasteiger partial charge in [0.2, 0.25) is 0 Å². The van der Waals surface area contributed by atoms with Gasteiger partial charge in [-0.25, -0.2) is 0 Å². The van der Waals surface area contributed by atoms with Gasteiger partial charge in [-0.1, -0.05) is 103 Å². The van der Waals surface area contributed by atoms with E-state index in [1.807, 2.05) is 0 Å². The Morgan fingerprint density at radius 1 is 0.328 bits per heavy atom. The van der Waals surface area contributed by atoms with Gasteiger partial charge in [-0.05, 0) is 128 Å². The quantitative estimate of drug-likeness (QED) is 0.154. The van der Waals surface area contributed by atoms with Crippen LogP contribution in [0, 0.1) is 0 Å². The summed E-state index contributed by atoms with van der Waals surface area (Å²) in [6, 6.07) is 72.4. The summed E-state index contributed by atoms with van der Waals surface area (Å²) < 4.78 is 4.75. The average Bonchev–Trinajstić information content (AvgIpc) is 3.81. The van der Waals surface area contributed by atoms with Crippen molar-refractivity contribution in [3.63, 3.8) is 0 Å². The molecular formula is C54H40N4. The Labute approximate surface area is 338 Å². The first-order chi connectivity index (χ1) is 28.8. The maximum Gasteiger partial charge on any atom is 0.0542 e. The molecule has 0 aliphatic heterocycles. The lowest BCUT2D eigenvalue weighted by Gasteiger charge is -2.29. The van der Waals surface area contributed by atoms with Crippen LogP contribution in [0.1, 0.15) is 12.8 Å². The van der Waals surface area contributed by atoms with E-state index in [2.05, 4.69) is 237 Å². The predicted octanol–water partition coefficient (Wildman–Crippen LogP) is 14.7. The number of rotatable bonds is 8. The highest BCUT2D eigenvalue weighted by Crippen LogP contribution is 2.42. The van der Waals surface area contributed by atoms with E-state index in [9.17, 15) is 0 Å². The first-order valence-corrected chi connectivity index (χ1v) is 20.1. The molecule has 0 saturated heterocycles. The lowest BCUT2D eigenvalue weighted by atomic mass is 10.1. The summed E-state index contributed by atoms with van der Waals surface area (Å²) in [7, 11) is 0. The summed E-state index contributed by atoms with van der Waals surface area (Å²) in [6.45, 7) is 0. The molecule has 4 heteroatoms. The predicted molar refractivity (Wildman–Crippen MR) is 245 cm³/mol. The van der Waals surface area contributed by atoms with Crippen LogP contribution < -0.4 is 9.80 Å². The van der Waals surface area contributed by atoms with Gasteiger partial charge in [0.1, 0.15) is 0 Å². The molecule has 2 aromatic heterocycles. The second-order valence-electron chi connectivity index (χ2n) is 14.9. The number of anilines is 5. The standard InChI is InChI=1S/C54H40N4/c1-5-17-39(18-6-1)55(45-33-35-53-49(37-45)47-25-13-15-27-51(47)57(53)41-21-9-3-10-22-41)43-29-31-44(32-30-43)56(40-19-7-2-8-20-40)46-34-36-54-50(38-46)48-26-14-16-28-52(48)58(54)42-23-11-4-12-24-42/h1,3-7,9-38H,2,8H2. The molecule has 10 aromatic rings. The summed E-state index contributed by atoms with van der Waals surface area (Å²) >= 11 is 0. The normalized spacial score (nSPS) is 12.7. The molecule has 0 bridgehead atoms. The number of nitrogens with zero attached hydrogens (tertiary/aromatic N) is 4. The minimum atomic E-state index is 1.01. The van der Waals surface area contributed by atoms with Gasteiger partial charge >= 0.3 is 0 Å². The van der Waals surface area contributed by atoms with Crippen molar-refractivity contribution in [2.24, 2.45) is 0 Å². The fraction of sp³-hybridized carbons (Fsp3) is 0.0370. The molecule has 58 heavy (non-hydrogen) atoms. The van der Waals surface area contributed by atoms with Crippen molar-refractivity contribution in [1.82, 2.24) is 9.13 Å². The van der Waals surface area contributed by atoms with Crippen molar-refractivity contribution in [2.75, 3.05) is 9.80 Å².